The SMILES string of the molecule is Cc1ccn(-c2cc(-c3ccc(OC(C)C)cc3)ccc2[C@@H](Oc2cc(N3CCC4(CC3)CNC(C(=O)OC(C)C)C4)nc(N)n2)C(F)(F)F)n1. The fraction of sp³-hybridized carbons (Fsp3) is 0.459. The van der Waals surface area contributed by atoms with Crippen molar-refractivity contribution >= 4 is 17.7 Å². The maximum atomic E-state index is 15.0. The number of carbonyl (C=O) groups excluding carboxylic acids is 1. The molecule has 0 bridgehead atoms. The summed E-state index contributed by atoms with van der Waals surface area (Å²) in [5, 5.41) is 7.74. The number of aromatic nitrogens is 4. The second kappa shape index (κ2) is 14.4. The lowest BCUT2D eigenvalue weighted by Crippen LogP contribution is -2.41. The lowest BCUT2D eigenvalue weighted by Gasteiger charge is -2.39. The minimum atomic E-state index is -4.82. The van der Waals surface area contributed by atoms with Crippen molar-refractivity contribution < 1.29 is 32.2 Å². The summed E-state index contributed by atoms with van der Waals surface area (Å²) in [5.41, 5.74) is 8.14. The smallest absolute Gasteiger partial charge is 0.429 e. The van der Waals surface area contributed by atoms with Gasteiger partial charge in [0.1, 0.15) is 17.6 Å². The molecule has 6 rings (SSSR count). The van der Waals surface area contributed by atoms with Crippen molar-refractivity contribution in [2.24, 2.45) is 5.41 Å². The molecule has 0 amide bonds. The van der Waals surface area contributed by atoms with Gasteiger partial charge in [-0.2, -0.15) is 28.2 Å². The highest BCUT2D eigenvalue weighted by atomic mass is 19.4. The predicted molar refractivity (Wildman–Crippen MR) is 187 cm³/mol. The third-order valence-electron chi connectivity index (χ3n) is 9.23. The number of esters is 1. The Morgan fingerprint density at radius 1 is 0.961 bits per heavy atom. The second-order valence-electron chi connectivity index (χ2n) is 13.9. The molecular formula is C37H44F3N7O4. The number of nitrogen functional groups attached to an aromatic ring is 1. The van der Waals surface area contributed by atoms with Gasteiger partial charge in [0.2, 0.25) is 17.9 Å². The quantitative estimate of drug-likeness (QED) is 0.174. The molecule has 4 aromatic rings. The molecule has 2 aromatic carbocycles. The van der Waals surface area contributed by atoms with E-state index in [1.807, 2.05) is 56.9 Å². The summed E-state index contributed by atoms with van der Waals surface area (Å²) < 4.78 is 63.1. The number of piperidine rings is 1. The van der Waals surface area contributed by atoms with E-state index in [0.29, 0.717) is 48.9 Å². The Labute approximate surface area is 295 Å². The number of benzene rings is 2. The van der Waals surface area contributed by atoms with E-state index < -0.39 is 12.3 Å². The van der Waals surface area contributed by atoms with E-state index >= 15 is 0 Å². The molecule has 0 saturated carbocycles. The molecule has 2 atom stereocenters. The highest BCUT2D eigenvalue weighted by Gasteiger charge is 2.46. The molecule has 51 heavy (non-hydrogen) atoms. The Balaban J connectivity index is 1.25. The van der Waals surface area contributed by atoms with Crippen molar-refractivity contribution in [2.75, 3.05) is 30.3 Å². The lowest BCUT2D eigenvalue weighted by atomic mass is 9.76. The zero-order valence-corrected chi connectivity index (χ0v) is 29.4. The number of hydrogen-bond donors (Lipinski definition) is 2. The van der Waals surface area contributed by atoms with Crippen LogP contribution in [-0.2, 0) is 9.53 Å². The molecule has 2 fully saturated rings. The van der Waals surface area contributed by atoms with E-state index in [1.165, 1.54) is 16.8 Å². The fourth-order valence-electron chi connectivity index (χ4n) is 6.76. The number of carbonyl (C=O) groups is 1. The third kappa shape index (κ3) is 8.38. The Bertz CT molecular complexity index is 1840. The van der Waals surface area contributed by atoms with Crippen LogP contribution in [0.1, 0.15) is 64.3 Å². The summed E-state index contributed by atoms with van der Waals surface area (Å²) in [4.78, 5) is 22.9. The van der Waals surface area contributed by atoms with Gasteiger partial charge >= 0.3 is 12.1 Å². The van der Waals surface area contributed by atoms with Crippen LogP contribution in [0.2, 0.25) is 0 Å². The molecule has 3 N–H and O–H groups in total. The highest BCUT2D eigenvalue weighted by molar-refractivity contribution is 5.76. The molecule has 2 saturated heterocycles. The van der Waals surface area contributed by atoms with Crippen LogP contribution < -0.4 is 25.4 Å². The number of ether oxygens (including phenoxy) is 3. The summed E-state index contributed by atoms with van der Waals surface area (Å²) in [6.07, 6.45) is -3.63. The topological polar surface area (TPSA) is 130 Å². The van der Waals surface area contributed by atoms with Crippen LogP contribution in [0.3, 0.4) is 0 Å². The standard InChI is InChI=1S/C37H44F3N7O4/c1-22(2)49-27-9-6-25(7-10-27)26-8-11-28(30(18-26)47-15-12-24(5)45-47)33(37(38,39)40)51-32-19-31(43-35(41)44-32)46-16-13-36(14-17-46)20-29(42-21-36)34(48)50-23(3)4/h6-12,15,18-19,22-23,29,33,42H,13-14,16-17,20-21H2,1-5H3,(H2,41,43,44)/t29?,33-/m1/s1. The Morgan fingerprint density at radius 2 is 1.67 bits per heavy atom. The zero-order chi connectivity index (χ0) is 36.5. The molecule has 11 nitrogen and oxygen atoms in total. The number of hydrogen-bond acceptors (Lipinski definition) is 10. The molecule has 2 aromatic heterocycles. The molecule has 1 unspecified atom stereocenters. The predicted octanol–water partition coefficient (Wildman–Crippen LogP) is 6.59. The molecule has 0 radical (unpaired) electrons. The minimum absolute atomic E-state index is 0.00297. The monoisotopic (exact) mass is 707 g/mol. The number of rotatable bonds is 10. The van der Waals surface area contributed by atoms with Crippen LogP contribution >= 0.6 is 0 Å². The Kier molecular flexibility index (Phi) is 10.2. The maximum Gasteiger partial charge on any atom is 0.429 e. The number of halogens is 3. The molecule has 272 valence electrons. The number of aryl methyl sites for hydroxylation is 1. The van der Waals surface area contributed by atoms with Gasteiger partial charge in [-0.05, 0) is 94.7 Å². The first-order valence-corrected chi connectivity index (χ1v) is 17.2. The van der Waals surface area contributed by atoms with E-state index in [0.717, 1.165) is 18.4 Å². The van der Waals surface area contributed by atoms with Crippen molar-refractivity contribution in [3.05, 3.63) is 72.1 Å². The van der Waals surface area contributed by atoms with E-state index in [4.69, 9.17) is 19.9 Å². The molecule has 2 aliphatic rings. The summed E-state index contributed by atoms with van der Waals surface area (Å²) in [5.74, 6) is 0.315. The second-order valence-corrected chi connectivity index (χ2v) is 13.9. The average Bonchev–Trinajstić information content (AvgIpc) is 3.69. The van der Waals surface area contributed by atoms with Crippen molar-refractivity contribution in [1.82, 2.24) is 25.1 Å². The average molecular weight is 708 g/mol. The Morgan fingerprint density at radius 3 is 2.29 bits per heavy atom. The highest BCUT2D eigenvalue weighted by Crippen LogP contribution is 2.43. The third-order valence-corrected chi connectivity index (χ3v) is 9.23. The van der Waals surface area contributed by atoms with Crippen molar-refractivity contribution in [3.63, 3.8) is 0 Å². The van der Waals surface area contributed by atoms with Gasteiger partial charge in [0, 0.05) is 37.5 Å². The summed E-state index contributed by atoms with van der Waals surface area (Å²) in [7, 11) is 0. The van der Waals surface area contributed by atoms with E-state index in [9.17, 15) is 18.0 Å². The molecule has 1 spiro atoms. The van der Waals surface area contributed by atoms with Gasteiger partial charge in [0.25, 0.3) is 0 Å². The van der Waals surface area contributed by atoms with Crippen LogP contribution in [0.15, 0.2) is 60.8 Å². The van der Waals surface area contributed by atoms with Gasteiger partial charge in [-0.25, -0.2) is 4.68 Å². The normalized spacial score (nSPS) is 18.0. The van der Waals surface area contributed by atoms with E-state index in [2.05, 4.69) is 20.4 Å². The molecule has 2 aliphatic heterocycles. The van der Waals surface area contributed by atoms with Crippen molar-refractivity contribution in [3.8, 4) is 28.4 Å². The van der Waals surface area contributed by atoms with Gasteiger partial charge in [-0.15, -0.1) is 0 Å². The minimum Gasteiger partial charge on any atom is -0.491 e. The number of anilines is 2. The summed E-state index contributed by atoms with van der Waals surface area (Å²) >= 11 is 0. The van der Waals surface area contributed by atoms with Crippen LogP contribution in [0.25, 0.3) is 16.8 Å². The first-order chi connectivity index (χ1) is 24.2. The van der Waals surface area contributed by atoms with Crippen LogP contribution in [0.4, 0.5) is 24.9 Å². The molecule has 0 aliphatic carbocycles. The molecule has 4 heterocycles. The van der Waals surface area contributed by atoms with Crippen LogP contribution in [-0.4, -0.2) is 69.8 Å². The zero-order valence-electron chi connectivity index (χ0n) is 29.4. The largest absolute Gasteiger partial charge is 0.491 e. The van der Waals surface area contributed by atoms with Crippen LogP contribution in [0, 0.1) is 12.3 Å². The number of alkyl halides is 3. The van der Waals surface area contributed by atoms with Gasteiger partial charge in [0.15, 0.2) is 0 Å². The first kappa shape index (κ1) is 36.0. The summed E-state index contributed by atoms with van der Waals surface area (Å²) in [6, 6.07) is 14.8. The Hall–Kier alpha value is -4.85. The van der Waals surface area contributed by atoms with Crippen molar-refractivity contribution in [1.29, 1.82) is 0 Å². The first-order valence-electron chi connectivity index (χ1n) is 17.2. The van der Waals surface area contributed by atoms with Gasteiger partial charge < -0.3 is 30.2 Å². The molecular weight excluding hydrogens is 663 g/mol. The number of nitrogens with two attached hydrogens (primary N) is 1. The van der Waals surface area contributed by atoms with E-state index in [1.54, 1.807) is 31.3 Å². The van der Waals surface area contributed by atoms with Crippen molar-refractivity contribution in [2.45, 2.75) is 84.4 Å². The van der Waals surface area contributed by atoms with Crippen LogP contribution in [0.5, 0.6) is 11.6 Å². The summed E-state index contributed by atoms with van der Waals surface area (Å²) in [6.45, 7) is 11.1. The maximum absolute atomic E-state index is 15.0. The number of nitrogens with zero attached hydrogens (tertiary/aromatic N) is 5. The van der Waals surface area contributed by atoms with E-state index in [-0.39, 0.29) is 52.7 Å². The lowest BCUT2D eigenvalue weighted by molar-refractivity contribution is -0.198. The fourth-order valence-corrected chi connectivity index (χ4v) is 6.76. The number of nitrogens with one attached hydrogen (secondary N) is 1. The van der Waals surface area contributed by atoms with Gasteiger partial charge in [0.05, 0.1) is 23.6 Å². The van der Waals surface area contributed by atoms with Gasteiger partial charge in [-0.3, -0.25) is 4.79 Å². The molecule has 14 heteroatoms. The van der Waals surface area contributed by atoms with Gasteiger partial charge in [-0.1, -0.05) is 24.3 Å².